The van der Waals surface area contributed by atoms with E-state index in [1.807, 2.05) is 0 Å². The fraction of sp³-hybridized carbons (Fsp3) is 0.0556. The minimum atomic E-state index is -0.290. The molecule has 3 nitrogen and oxygen atoms in total. The van der Waals surface area contributed by atoms with E-state index in [0.29, 0.717) is 17.1 Å². The first-order valence-electron chi connectivity index (χ1n) is 6.94. The number of carbonyl (C=O) groups is 1. The normalized spacial score (nSPS) is 11.6. The van der Waals surface area contributed by atoms with Gasteiger partial charge in [-0.3, -0.25) is 4.79 Å². The van der Waals surface area contributed by atoms with Crippen LogP contribution in [0.3, 0.4) is 0 Å². The van der Waals surface area contributed by atoms with Gasteiger partial charge in [-0.2, -0.15) is 0 Å². The average Bonchev–Trinajstić information content (AvgIpc) is 3.21. The minimum absolute atomic E-state index is 0.214. The second-order valence-corrected chi connectivity index (χ2v) is 5.89. The number of furan rings is 1. The van der Waals surface area contributed by atoms with Crippen LogP contribution in [0.4, 0.5) is 4.39 Å². The lowest BCUT2D eigenvalue weighted by Crippen LogP contribution is -1.92. The van der Waals surface area contributed by atoms with E-state index in [9.17, 15) is 14.3 Å². The highest BCUT2D eigenvalue weighted by molar-refractivity contribution is 7.12. The number of allylic oxidation sites excluding steroid dienone is 1. The van der Waals surface area contributed by atoms with E-state index in [1.54, 1.807) is 41.8 Å². The van der Waals surface area contributed by atoms with Gasteiger partial charge in [0.2, 0.25) is 0 Å². The zero-order valence-electron chi connectivity index (χ0n) is 12.0. The van der Waals surface area contributed by atoms with Gasteiger partial charge in [-0.15, -0.1) is 11.3 Å². The summed E-state index contributed by atoms with van der Waals surface area (Å²) in [6.07, 6.45) is 1.62. The topological polar surface area (TPSA) is 50.4 Å². The van der Waals surface area contributed by atoms with Gasteiger partial charge in [0.25, 0.3) is 0 Å². The molecule has 0 fully saturated rings. The van der Waals surface area contributed by atoms with Crippen molar-refractivity contribution in [1.82, 2.24) is 0 Å². The monoisotopic (exact) mass is 328 g/mol. The molecule has 0 spiro atoms. The minimum Gasteiger partial charge on any atom is -0.504 e. The molecule has 0 saturated carbocycles. The maximum absolute atomic E-state index is 12.9. The van der Waals surface area contributed by atoms with E-state index in [1.165, 1.54) is 23.5 Å². The summed E-state index contributed by atoms with van der Waals surface area (Å²) in [5, 5.41) is 11.8. The van der Waals surface area contributed by atoms with Crippen LogP contribution in [0, 0.1) is 5.82 Å². The third-order valence-corrected chi connectivity index (χ3v) is 4.12. The van der Waals surface area contributed by atoms with Crippen molar-refractivity contribution in [2.75, 3.05) is 0 Å². The van der Waals surface area contributed by atoms with Crippen LogP contribution in [0.5, 0.6) is 0 Å². The molecule has 1 N–H and O–H groups in total. The van der Waals surface area contributed by atoms with Crippen molar-refractivity contribution < 1.29 is 18.7 Å². The summed E-state index contributed by atoms with van der Waals surface area (Å²) in [7, 11) is 0. The predicted molar refractivity (Wildman–Crippen MR) is 87.2 cm³/mol. The van der Waals surface area contributed by atoms with E-state index in [-0.39, 0.29) is 23.1 Å². The lowest BCUT2D eigenvalue weighted by molar-refractivity contribution is 0.104. The molecule has 0 unspecified atom stereocenters. The first kappa shape index (κ1) is 15.2. The Kier molecular flexibility index (Phi) is 4.39. The summed E-state index contributed by atoms with van der Waals surface area (Å²) in [6, 6.07) is 12.9. The van der Waals surface area contributed by atoms with Gasteiger partial charge in [0.05, 0.1) is 4.88 Å². The lowest BCUT2D eigenvalue weighted by atomic mass is 10.1. The Morgan fingerprint density at radius 3 is 2.65 bits per heavy atom. The Labute approximate surface area is 136 Å². The summed E-state index contributed by atoms with van der Waals surface area (Å²) in [6.45, 7) is 0. The van der Waals surface area contributed by atoms with Crippen molar-refractivity contribution in [3.05, 3.63) is 87.8 Å². The summed E-state index contributed by atoms with van der Waals surface area (Å²) in [5.41, 5.74) is 0.894. The van der Waals surface area contributed by atoms with E-state index in [2.05, 4.69) is 0 Å². The summed E-state index contributed by atoms with van der Waals surface area (Å²) in [5.74, 6) is 0.0754. The largest absolute Gasteiger partial charge is 0.504 e. The van der Waals surface area contributed by atoms with Crippen LogP contribution in [-0.2, 0) is 6.42 Å². The van der Waals surface area contributed by atoms with Crippen LogP contribution in [0.25, 0.3) is 5.76 Å². The first-order valence-corrected chi connectivity index (χ1v) is 7.82. The smallest absolute Gasteiger partial charge is 0.199 e. The maximum Gasteiger partial charge on any atom is 0.199 e. The Hall–Kier alpha value is -2.66. The van der Waals surface area contributed by atoms with Gasteiger partial charge < -0.3 is 9.52 Å². The molecule has 0 bridgehead atoms. The van der Waals surface area contributed by atoms with Crippen LogP contribution in [0.15, 0.2) is 64.4 Å². The van der Waals surface area contributed by atoms with E-state index in [0.717, 1.165) is 11.6 Å². The Bertz CT molecular complexity index is 830. The summed E-state index contributed by atoms with van der Waals surface area (Å²) < 4.78 is 18.4. The van der Waals surface area contributed by atoms with Crippen molar-refractivity contribution in [2.24, 2.45) is 0 Å². The van der Waals surface area contributed by atoms with Crippen molar-refractivity contribution in [3.8, 4) is 0 Å². The zero-order chi connectivity index (χ0) is 16.2. The summed E-state index contributed by atoms with van der Waals surface area (Å²) in [4.78, 5) is 12.5. The van der Waals surface area contributed by atoms with Gasteiger partial charge in [-0.1, -0.05) is 18.2 Å². The molecule has 0 aliphatic heterocycles. The molecule has 0 radical (unpaired) electrons. The molecule has 2 aromatic heterocycles. The van der Waals surface area contributed by atoms with Gasteiger partial charge in [0, 0.05) is 12.5 Å². The molecule has 5 heteroatoms. The van der Waals surface area contributed by atoms with Crippen LogP contribution >= 0.6 is 11.3 Å². The average molecular weight is 328 g/mol. The number of benzene rings is 1. The molecular formula is C18H13FO3S. The Morgan fingerprint density at radius 2 is 1.96 bits per heavy atom. The standard InChI is InChI=1S/C18H13FO3S/c19-13-5-3-12(4-6-13)10-14-7-8-17(22-14)15(20)11-16(21)18-2-1-9-23-18/h1-9,11,20H,10H2. The van der Waals surface area contributed by atoms with Crippen molar-refractivity contribution >= 4 is 22.9 Å². The number of thiophene rings is 1. The molecular weight excluding hydrogens is 315 g/mol. The third-order valence-electron chi connectivity index (χ3n) is 3.24. The fourth-order valence-corrected chi connectivity index (χ4v) is 2.74. The number of carbonyl (C=O) groups excluding carboxylic acids is 1. The van der Waals surface area contributed by atoms with E-state index < -0.39 is 0 Å². The molecule has 0 aliphatic carbocycles. The van der Waals surface area contributed by atoms with Crippen LogP contribution in [0.2, 0.25) is 0 Å². The van der Waals surface area contributed by atoms with Gasteiger partial charge in [0.15, 0.2) is 17.3 Å². The highest BCUT2D eigenvalue weighted by atomic mass is 32.1. The number of ketones is 1. The zero-order valence-corrected chi connectivity index (χ0v) is 12.8. The van der Waals surface area contributed by atoms with E-state index >= 15 is 0 Å². The lowest BCUT2D eigenvalue weighted by Gasteiger charge is -1.99. The van der Waals surface area contributed by atoms with Crippen LogP contribution in [-0.4, -0.2) is 10.9 Å². The number of aliphatic hydroxyl groups excluding tert-OH is 1. The van der Waals surface area contributed by atoms with Gasteiger partial charge in [-0.25, -0.2) is 4.39 Å². The molecule has 0 aliphatic rings. The Morgan fingerprint density at radius 1 is 1.17 bits per heavy atom. The summed E-state index contributed by atoms with van der Waals surface area (Å²) >= 11 is 1.31. The number of hydrogen-bond donors (Lipinski definition) is 1. The molecule has 0 atom stereocenters. The van der Waals surface area contributed by atoms with Gasteiger partial charge >= 0.3 is 0 Å². The van der Waals surface area contributed by atoms with Crippen molar-refractivity contribution in [3.63, 3.8) is 0 Å². The second kappa shape index (κ2) is 6.62. The molecule has 3 rings (SSSR count). The number of aliphatic hydroxyl groups is 1. The second-order valence-electron chi connectivity index (χ2n) is 4.94. The van der Waals surface area contributed by atoms with E-state index in [4.69, 9.17) is 4.42 Å². The molecule has 0 amide bonds. The number of halogens is 1. The molecule has 0 saturated heterocycles. The van der Waals surface area contributed by atoms with Gasteiger partial charge in [0.1, 0.15) is 11.6 Å². The molecule has 2 heterocycles. The molecule has 23 heavy (non-hydrogen) atoms. The maximum atomic E-state index is 12.9. The fourth-order valence-electron chi connectivity index (χ4n) is 2.10. The van der Waals surface area contributed by atoms with Crippen molar-refractivity contribution in [2.45, 2.75) is 6.42 Å². The number of rotatable bonds is 5. The quantitative estimate of drug-likeness (QED) is 0.414. The van der Waals surface area contributed by atoms with Gasteiger partial charge in [-0.05, 0) is 41.3 Å². The van der Waals surface area contributed by atoms with Crippen LogP contribution in [0.1, 0.15) is 26.8 Å². The third kappa shape index (κ3) is 3.76. The Balaban J connectivity index is 1.73. The highest BCUT2D eigenvalue weighted by Crippen LogP contribution is 2.20. The SMILES string of the molecule is O=C(C=C(O)c1ccc(Cc2ccc(F)cc2)o1)c1cccs1. The predicted octanol–water partition coefficient (Wildman–Crippen LogP) is 4.85. The van der Waals surface area contributed by atoms with Crippen LogP contribution < -0.4 is 0 Å². The molecule has 116 valence electrons. The molecule has 1 aromatic carbocycles. The molecule has 3 aromatic rings. The first-order chi connectivity index (χ1) is 11.1. The number of hydrogen-bond acceptors (Lipinski definition) is 4. The highest BCUT2D eigenvalue weighted by Gasteiger charge is 2.11. The van der Waals surface area contributed by atoms with Crippen molar-refractivity contribution in [1.29, 1.82) is 0 Å².